The Balaban J connectivity index is 0.00000450. The van der Waals surface area contributed by atoms with E-state index in [1.54, 1.807) is 14.2 Å². The fourth-order valence-electron chi connectivity index (χ4n) is 3.32. The molecule has 1 aliphatic rings. The van der Waals surface area contributed by atoms with Crippen molar-refractivity contribution in [3.63, 3.8) is 0 Å². The first kappa shape index (κ1) is 26.3. The predicted octanol–water partition coefficient (Wildman–Crippen LogP) is 3.77. The van der Waals surface area contributed by atoms with Crippen LogP contribution < -0.4 is 15.4 Å². The molecule has 0 saturated carbocycles. The minimum absolute atomic E-state index is 0. The monoisotopic (exact) mass is 532 g/mol. The Hall–Kier alpha value is -1.71. The number of rotatable bonds is 5. The van der Waals surface area contributed by atoms with Crippen LogP contribution in [0.15, 0.2) is 29.3 Å². The number of amides is 1. The van der Waals surface area contributed by atoms with Gasteiger partial charge >= 0.3 is 6.09 Å². The molecule has 1 unspecified atom stereocenters. The van der Waals surface area contributed by atoms with Crippen molar-refractivity contribution in [1.29, 1.82) is 0 Å². The molecule has 1 heterocycles. The Morgan fingerprint density at radius 1 is 1.20 bits per heavy atom. The average molecular weight is 532 g/mol. The summed E-state index contributed by atoms with van der Waals surface area (Å²) in [5.74, 6) is 1.70. The standard InChI is InChI=1S/C22H36N4O3.HI/c1-21(2,3)29-20(27)25-17-12-13-26(14-17)19(23-6)24-15-22(4,5)16-8-10-18(28-7)11-9-16;/h8-11,17H,12-15H2,1-7H3,(H,23,24)(H,25,27);1H. The zero-order valence-corrected chi connectivity index (χ0v) is 21.6. The van der Waals surface area contributed by atoms with Gasteiger partial charge in [0.05, 0.1) is 13.2 Å². The highest BCUT2D eigenvalue weighted by Gasteiger charge is 2.29. The first-order valence-electron chi connectivity index (χ1n) is 10.1. The summed E-state index contributed by atoms with van der Waals surface area (Å²) in [6.45, 7) is 12.3. The van der Waals surface area contributed by atoms with Crippen LogP contribution in [0, 0.1) is 0 Å². The minimum Gasteiger partial charge on any atom is -0.497 e. The molecular formula is C22H37IN4O3. The quantitative estimate of drug-likeness (QED) is 0.343. The molecule has 1 aromatic rings. The van der Waals surface area contributed by atoms with Crippen LogP contribution in [0.2, 0.25) is 0 Å². The normalized spacial score (nSPS) is 17.2. The molecule has 2 N–H and O–H groups in total. The van der Waals surface area contributed by atoms with E-state index >= 15 is 0 Å². The molecule has 30 heavy (non-hydrogen) atoms. The molecule has 0 bridgehead atoms. The summed E-state index contributed by atoms with van der Waals surface area (Å²) >= 11 is 0. The van der Waals surface area contributed by atoms with Gasteiger partial charge in [-0.2, -0.15) is 0 Å². The van der Waals surface area contributed by atoms with Gasteiger partial charge in [0.1, 0.15) is 11.4 Å². The summed E-state index contributed by atoms with van der Waals surface area (Å²) < 4.78 is 10.6. The van der Waals surface area contributed by atoms with Crippen LogP contribution in [0.5, 0.6) is 5.75 Å². The number of guanidine groups is 1. The van der Waals surface area contributed by atoms with Crippen LogP contribution in [-0.4, -0.2) is 62.4 Å². The van der Waals surface area contributed by atoms with Crippen molar-refractivity contribution >= 4 is 36.0 Å². The molecule has 0 spiro atoms. The SMILES string of the molecule is CN=C(NCC(C)(C)c1ccc(OC)cc1)N1CCC(NC(=O)OC(C)(C)C)C1.I. The molecule has 0 radical (unpaired) electrons. The van der Waals surface area contributed by atoms with E-state index in [0.717, 1.165) is 31.2 Å². The zero-order chi connectivity index (χ0) is 21.7. The maximum Gasteiger partial charge on any atom is 0.407 e. The van der Waals surface area contributed by atoms with E-state index < -0.39 is 5.60 Å². The van der Waals surface area contributed by atoms with Crippen LogP contribution in [0.25, 0.3) is 0 Å². The van der Waals surface area contributed by atoms with E-state index in [-0.39, 0.29) is 41.5 Å². The number of hydrogen-bond acceptors (Lipinski definition) is 4. The Morgan fingerprint density at radius 2 is 1.83 bits per heavy atom. The molecule has 1 fully saturated rings. The van der Waals surface area contributed by atoms with Crippen molar-refractivity contribution in [1.82, 2.24) is 15.5 Å². The number of nitrogens with zero attached hydrogens (tertiary/aromatic N) is 2. The highest BCUT2D eigenvalue weighted by atomic mass is 127. The van der Waals surface area contributed by atoms with Gasteiger partial charge in [-0.15, -0.1) is 24.0 Å². The van der Waals surface area contributed by atoms with Crippen molar-refractivity contribution in [2.75, 3.05) is 33.8 Å². The molecule has 1 aromatic carbocycles. The fourth-order valence-corrected chi connectivity index (χ4v) is 3.32. The summed E-state index contributed by atoms with van der Waals surface area (Å²) in [4.78, 5) is 18.6. The second kappa shape index (κ2) is 11.1. The molecule has 8 heteroatoms. The predicted molar refractivity (Wildman–Crippen MR) is 132 cm³/mol. The molecule has 1 atom stereocenters. The van der Waals surface area contributed by atoms with Gasteiger partial charge in [-0.3, -0.25) is 4.99 Å². The molecular weight excluding hydrogens is 495 g/mol. The second-order valence-electron chi connectivity index (χ2n) is 9.09. The van der Waals surface area contributed by atoms with Crippen LogP contribution >= 0.6 is 24.0 Å². The van der Waals surface area contributed by atoms with Crippen molar-refractivity contribution < 1.29 is 14.3 Å². The number of carbonyl (C=O) groups excluding carboxylic acids is 1. The third kappa shape index (κ3) is 7.85. The van der Waals surface area contributed by atoms with Crippen molar-refractivity contribution in [2.24, 2.45) is 4.99 Å². The third-order valence-electron chi connectivity index (χ3n) is 4.98. The van der Waals surface area contributed by atoms with E-state index in [4.69, 9.17) is 9.47 Å². The second-order valence-corrected chi connectivity index (χ2v) is 9.09. The number of hydrogen-bond donors (Lipinski definition) is 2. The molecule has 1 aliphatic heterocycles. The average Bonchev–Trinajstić information content (AvgIpc) is 3.08. The zero-order valence-electron chi connectivity index (χ0n) is 19.2. The number of benzene rings is 1. The van der Waals surface area contributed by atoms with Gasteiger partial charge in [-0.25, -0.2) is 4.79 Å². The molecule has 0 aliphatic carbocycles. The van der Waals surface area contributed by atoms with E-state index in [0.29, 0.717) is 6.54 Å². The first-order chi connectivity index (χ1) is 13.5. The van der Waals surface area contributed by atoms with Gasteiger partial charge in [0.15, 0.2) is 5.96 Å². The lowest BCUT2D eigenvalue weighted by Gasteiger charge is -2.29. The summed E-state index contributed by atoms with van der Waals surface area (Å²) in [7, 11) is 3.46. The smallest absolute Gasteiger partial charge is 0.407 e. The van der Waals surface area contributed by atoms with Gasteiger partial charge in [0, 0.05) is 32.1 Å². The molecule has 2 rings (SSSR count). The Kier molecular flexibility index (Phi) is 9.71. The number of ether oxygens (including phenoxy) is 2. The lowest BCUT2D eigenvalue weighted by Crippen LogP contribution is -2.46. The third-order valence-corrected chi connectivity index (χ3v) is 4.98. The topological polar surface area (TPSA) is 75.2 Å². The van der Waals surface area contributed by atoms with E-state index in [9.17, 15) is 4.79 Å². The van der Waals surface area contributed by atoms with Crippen LogP contribution in [0.1, 0.15) is 46.6 Å². The summed E-state index contributed by atoms with van der Waals surface area (Å²) in [5, 5.41) is 6.45. The van der Waals surface area contributed by atoms with E-state index in [2.05, 4.69) is 46.5 Å². The number of nitrogens with one attached hydrogen (secondary N) is 2. The Morgan fingerprint density at radius 3 is 2.37 bits per heavy atom. The molecule has 1 amide bonds. The maximum atomic E-state index is 12.0. The van der Waals surface area contributed by atoms with Gasteiger partial charge in [-0.05, 0) is 44.9 Å². The molecule has 1 saturated heterocycles. The molecule has 170 valence electrons. The van der Waals surface area contributed by atoms with E-state index in [1.807, 2.05) is 32.9 Å². The Labute approximate surface area is 198 Å². The highest BCUT2D eigenvalue weighted by Crippen LogP contribution is 2.24. The van der Waals surface area contributed by atoms with Crippen molar-refractivity contribution in [3.05, 3.63) is 29.8 Å². The number of carbonyl (C=O) groups is 1. The number of aliphatic imine (C=N–C) groups is 1. The van der Waals surface area contributed by atoms with Gasteiger partial charge in [-0.1, -0.05) is 26.0 Å². The maximum absolute atomic E-state index is 12.0. The lowest BCUT2D eigenvalue weighted by molar-refractivity contribution is 0.0507. The van der Waals surface area contributed by atoms with Crippen LogP contribution in [-0.2, 0) is 10.2 Å². The van der Waals surface area contributed by atoms with Crippen LogP contribution in [0.3, 0.4) is 0 Å². The summed E-state index contributed by atoms with van der Waals surface area (Å²) in [6.07, 6.45) is 0.495. The largest absolute Gasteiger partial charge is 0.497 e. The summed E-state index contributed by atoms with van der Waals surface area (Å²) in [6, 6.07) is 8.22. The van der Waals surface area contributed by atoms with Crippen LogP contribution in [0.4, 0.5) is 4.79 Å². The van der Waals surface area contributed by atoms with Gasteiger partial charge < -0.3 is 25.0 Å². The lowest BCUT2D eigenvalue weighted by atomic mass is 9.84. The Bertz CT molecular complexity index is 714. The molecule has 0 aromatic heterocycles. The first-order valence-corrected chi connectivity index (χ1v) is 10.1. The number of likely N-dealkylation sites (tertiary alicyclic amines) is 1. The fraction of sp³-hybridized carbons (Fsp3) is 0.636. The van der Waals surface area contributed by atoms with Gasteiger partial charge in [0.25, 0.3) is 0 Å². The number of halogens is 1. The summed E-state index contributed by atoms with van der Waals surface area (Å²) in [5.41, 5.74) is 0.662. The van der Waals surface area contributed by atoms with Crippen molar-refractivity contribution in [3.8, 4) is 5.75 Å². The number of methoxy groups -OCH3 is 1. The number of alkyl carbamates (subject to hydrolysis) is 1. The van der Waals surface area contributed by atoms with Gasteiger partial charge in [0.2, 0.25) is 0 Å². The molecule has 7 nitrogen and oxygen atoms in total. The van der Waals surface area contributed by atoms with E-state index in [1.165, 1.54) is 5.56 Å². The highest BCUT2D eigenvalue weighted by molar-refractivity contribution is 14.0. The van der Waals surface area contributed by atoms with Crippen molar-refractivity contribution in [2.45, 2.75) is 58.1 Å². The minimum atomic E-state index is -0.493.